The molecule has 0 heterocycles. The number of hydrogen-bond donors (Lipinski definition) is 2. The SMILES string of the molecule is CSCCCCNS(=O)(=O)c1ccc(C#CCN)c(C)c1. The number of nitrogens with two attached hydrogens (primary N) is 1. The van der Waals surface area contributed by atoms with Crippen molar-refractivity contribution in [1.29, 1.82) is 0 Å². The van der Waals surface area contributed by atoms with Gasteiger partial charge in [0.15, 0.2) is 0 Å². The Kier molecular flexibility index (Phi) is 7.83. The Morgan fingerprint density at radius 1 is 1.33 bits per heavy atom. The van der Waals surface area contributed by atoms with Crippen molar-refractivity contribution in [3.05, 3.63) is 29.3 Å². The Morgan fingerprint density at radius 3 is 2.71 bits per heavy atom. The topological polar surface area (TPSA) is 72.2 Å². The summed E-state index contributed by atoms with van der Waals surface area (Å²) in [7, 11) is -3.44. The summed E-state index contributed by atoms with van der Waals surface area (Å²) in [5.41, 5.74) is 6.97. The maximum atomic E-state index is 12.2. The average Bonchev–Trinajstić information content (AvgIpc) is 2.45. The minimum atomic E-state index is -3.44. The highest BCUT2D eigenvalue weighted by Gasteiger charge is 2.13. The molecule has 0 bridgehead atoms. The monoisotopic (exact) mass is 326 g/mol. The van der Waals surface area contributed by atoms with Crippen molar-refractivity contribution >= 4 is 21.8 Å². The highest BCUT2D eigenvalue weighted by molar-refractivity contribution is 7.98. The molecule has 0 aliphatic heterocycles. The second kappa shape index (κ2) is 9.11. The fourth-order valence-corrected chi connectivity index (χ4v) is 3.40. The van der Waals surface area contributed by atoms with Crippen LogP contribution in [0.4, 0.5) is 0 Å². The molecule has 0 atom stereocenters. The maximum Gasteiger partial charge on any atom is 0.240 e. The fraction of sp³-hybridized carbons (Fsp3) is 0.467. The van der Waals surface area contributed by atoms with E-state index in [1.165, 1.54) is 0 Å². The third kappa shape index (κ3) is 6.10. The molecule has 6 heteroatoms. The van der Waals surface area contributed by atoms with Crippen molar-refractivity contribution in [2.75, 3.05) is 25.1 Å². The number of nitrogens with one attached hydrogen (secondary N) is 1. The molecule has 1 aromatic rings. The van der Waals surface area contributed by atoms with Crippen LogP contribution < -0.4 is 10.5 Å². The van der Waals surface area contributed by atoms with Crippen LogP contribution in [-0.2, 0) is 10.0 Å². The molecule has 3 N–H and O–H groups in total. The number of rotatable bonds is 7. The van der Waals surface area contributed by atoms with Crippen LogP contribution in [0.15, 0.2) is 23.1 Å². The molecule has 0 fully saturated rings. The maximum absolute atomic E-state index is 12.2. The van der Waals surface area contributed by atoms with Gasteiger partial charge in [-0.25, -0.2) is 13.1 Å². The molecule has 1 rings (SSSR count). The third-order valence-corrected chi connectivity index (χ3v) is 5.06. The standard InChI is InChI=1S/C15H22N2O2S2/c1-13-12-15(8-7-14(13)6-5-9-16)21(18,19)17-10-3-4-11-20-2/h7-8,12,17H,3-4,9-11,16H2,1-2H3. The van der Waals surface area contributed by atoms with E-state index < -0.39 is 10.0 Å². The van der Waals surface area contributed by atoms with Crippen molar-refractivity contribution in [2.24, 2.45) is 5.73 Å². The molecule has 1 aromatic carbocycles. The van der Waals surface area contributed by atoms with Crippen LogP contribution >= 0.6 is 11.8 Å². The molecule has 116 valence electrons. The number of thioether (sulfide) groups is 1. The number of unbranched alkanes of at least 4 members (excludes halogenated alkanes) is 1. The van der Waals surface area contributed by atoms with Gasteiger partial charge in [-0.1, -0.05) is 11.8 Å². The molecule has 0 aliphatic rings. The summed E-state index contributed by atoms with van der Waals surface area (Å²) in [6.07, 6.45) is 3.90. The van der Waals surface area contributed by atoms with E-state index in [0.29, 0.717) is 6.54 Å². The van der Waals surface area contributed by atoms with Gasteiger partial charge in [0.1, 0.15) is 0 Å². The van der Waals surface area contributed by atoms with Crippen molar-refractivity contribution in [2.45, 2.75) is 24.7 Å². The van der Waals surface area contributed by atoms with Gasteiger partial charge in [-0.15, -0.1) is 0 Å². The van der Waals surface area contributed by atoms with Gasteiger partial charge >= 0.3 is 0 Å². The van der Waals surface area contributed by atoms with Crippen molar-refractivity contribution in [3.8, 4) is 11.8 Å². The zero-order chi connectivity index (χ0) is 15.7. The first-order valence-corrected chi connectivity index (χ1v) is 9.67. The molecule has 4 nitrogen and oxygen atoms in total. The Bertz CT molecular complexity index is 616. The summed E-state index contributed by atoms with van der Waals surface area (Å²) < 4.78 is 27.0. The zero-order valence-electron chi connectivity index (χ0n) is 12.5. The van der Waals surface area contributed by atoms with E-state index in [0.717, 1.165) is 29.7 Å². The highest BCUT2D eigenvalue weighted by atomic mass is 32.2. The molecule has 21 heavy (non-hydrogen) atoms. The number of aryl methyl sites for hydroxylation is 1. The van der Waals surface area contributed by atoms with Crippen LogP contribution in [0.5, 0.6) is 0 Å². The molecule has 0 unspecified atom stereocenters. The molecule has 0 aromatic heterocycles. The lowest BCUT2D eigenvalue weighted by atomic mass is 10.1. The zero-order valence-corrected chi connectivity index (χ0v) is 14.1. The first-order chi connectivity index (χ1) is 10.0. The minimum Gasteiger partial charge on any atom is -0.320 e. The van der Waals surface area contributed by atoms with Crippen LogP contribution in [-0.4, -0.2) is 33.5 Å². The van der Waals surface area contributed by atoms with Crippen LogP contribution in [0.25, 0.3) is 0 Å². The largest absolute Gasteiger partial charge is 0.320 e. The van der Waals surface area contributed by atoms with Gasteiger partial charge in [0.05, 0.1) is 11.4 Å². The molecule has 0 saturated heterocycles. The fourth-order valence-electron chi connectivity index (χ4n) is 1.75. The van der Waals surface area contributed by atoms with E-state index >= 15 is 0 Å². The summed E-state index contributed by atoms with van der Waals surface area (Å²) in [4.78, 5) is 0.281. The molecular formula is C15H22N2O2S2. The van der Waals surface area contributed by atoms with Gasteiger partial charge in [0.25, 0.3) is 0 Å². The van der Waals surface area contributed by atoms with Gasteiger partial charge in [-0.05, 0) is 55.5 Å². The number of hydrogen-bond acceptors (Lipinski definition) is 4. The Labute approximate surface area is 131 Å². The van der Waals surface area contributed by atoms with E-state index in [-0.39, 0.29) is 11.4 Å². The van der Waals surface area contributed by atoms with Crippen LogP contribution in [0.3, 0.4) is 0 Å². The summed E-state index contributed by atoms with van der Waals surface area (Å²) >= 11 is 1.77. The van der Waals surface area contributed by atoms with Gasteiger partial charge in [0, 0.05) is 12.1 Å². The van der Waals surface area contributed by atoms with Crippen LogP contribution in [0.2, 0.25) is 0 Å². The van der Waals surface area contributed by atoms with Crippen LogP contribution in [0, 0.1) is 18.8 Å². The average molecular weight is 326 g/mol. The molecule has 0 aliphatic carbocycles. The Balaban J connectivity index is 2.73. The van der Waals surface area contributed by atoms with Crippen molar-refractivity contribution in [3.63, 3.8) is 0 Å². The normalized spacial score (nSPS) is 11.0. The van der Waals surface area contributed by atoms with Crippen LogP contribution in [0.1, 0.15) is 24.0 Å². The van der Waals surface area contributed by atoms with Gasteiger partial charge in [-0.3, -0.25) is 0 Å². The van der Waals surface area contributed by atoms with E-state index in [2.05, 4.69) is 16.6 Å². The lowest BCUT2D eigenvalue weighted by Crippen LogP contribution is -2.25. The number of sulfonamides is 1. The third-order valence-electron chi connectivity index (χ3n) is 2.90. The lowest BCUT2D eigenvalue weighted by Gasteiger charge is -2.08. The number of benzene rings is 1. The summed E-state index contributed by atoms with van der Waals surface area (Å²) in [6.45, 7) is 2.60. The molecule has 0 saturated carbocycles. The van der Waals surface area contributed by atoms with E-state index in [1.807, 2.05) is 13.2 Å². The summed E-state index contributed by atoms with van der Waals surface area (Å²) in [6, 6.07) is 4.95. The van der Waals surface area contributed by atoms with E-state index in [4.69, 9.17) is 5.73 Å². The molecular weight excluding hydrogens is 304 g/mol. The minimum absolute atomic E-state index is 0.281. The summed E-state index contributed by atoms with van der Waals surface area (Å²) in [5.74, 6) is 6.74. The molecule has 0 spiro atoms. The highest BCUT2D eigenvalue weighted by Crippen LogP contribution is 2.15. The first-order valence-electron chi connectivity index (χ1n) is 6.79. The predicted molar refractivity (Wildman–Crippen MR) is 89.9 cm³/mol. The van der Waals surface area contributed by atoms with E-state index in [9.17, 15) is 8.42 Å². The lowest BCUT2D eigenvalue weighted by molar-refractivity contribution is 0.578. The smallest absolute Gasteiger partial charge is 0.240 e. The summed E-state index contributed by atoms with van der Waals surface area (Å²) in [5, 5.41) is 0. The second-order valence-corrected chi connectivity index (χ2v) is 7.33. The van der Waals surface area contributed by atoms with Gasteiger partial charge in [-0.2, -0.15) is 11.8 Å². The predicted octanol–water partition coefficient (Wildman–Crippen LogP) is 1.73. The van der Waals surface area contributed by atoms with Crippen molar-refractivity contribution < 1.29 is 8.42 Å². The Morgan fingerprint density at radius 2 is 2.10 bits per heavy atom. The van der Waals surface area contributed by atoms with Crippen molar-refractivity contribution in [1.82, 2.24) is 4.72 Å². The van der Waals surface area contributed by atoms with Gasteiger partial charge in [0.2, 0.25) is 10.0 Å². The molecule has 0 radical (unpaired) electrons. The first kappa shape index (κ1) is 18.1. The van der Waals surface area contributed by atoms with E-state index in [1.54, 1.807) is 30.0 Å². The quantitative estimate of drug-likeness (QED) is 0.591. The van der Waals surface area contributed by atoms with Gasteiger partial charge < -0.3 is 5.73 Å². The molecule has 0 amide bonds. The second-order valence-electron chi connectivity index (χ2n) is 4.58. The Hall–Kier alpha value is -1.00.